The van der Waals surface area contributed by atoms with E-state index < -0.39 is 6.04 Å². The Morgan fingerprint density at radius 3 is 2.35 bits per heavy atom. The number of ether oxygens (including phenoxy) is 1. The van der Waals surface area contributed by atoms with Crippen LogP contribution in [0.1, 0.15) is 36.1 Å². The first kappa shape index (κ1) is 22.0. The molecular formula is C25H27N3O3. The molecule has 0 radical (unpaired) electrons. The van der Waals surface area contributed by atoms with Crippen molar-refractivity contribution in [2.75, 3.05) is 7.11 Å². The molecule has 0 aliphatic heterocycles. The second-order valence-electron chi connectivity index (χ2n) is 7.12. The van der Waals surface area contributed by atoms with Crippen molar-refractivity contribution in [3.8, 4) is 5.75 Å². The number of carbonyl (C=O) groups excluding carboxylic acids is 2. The Balaban J connectivity index is 1.89. The topological polar surface area (TPSA) is 71.5 Å². The fourth-order valence-corrected chi connectivity index (χ4v) is 3.35. The Bertz CT molecular complexity index is 976. The highest BCUT2D eigenvalue weighted by molar-refractivity contribution is 5.88. The van der Waals surface area contributed by atoms with E-state index >= 15 is 0 Å². The average molecular weight is 418 g/mol. The van der Waals surface area contributed by atoms with Crippen LogP contribution in [-0.2, 0) is 22.7 Å². The third-order valence-electron chi connectivity index (χ3n) is 5.00. The van der Waals surface area contributed by atoms with E-state index in [4.69, 9.17) is 4.74 Å². The first-order chi connectivity index (χ1) is 15.1. The minimum Gasteiger partial charge on any atom is -0.497 e. The summed E-state index contributed by atoms with van der Waals surface area (Å²) in [6, 6.07) is 19.9. The van der Waals surface area contributed by atoms with Crippen LogP contribution < -0.4 is 10.1 Å². The summed E-state index contributed by atoms with van der Waals surface area (Å²) in [6.07, 6.45) is 3.70. The van der Waals surface area contributed by atoms with Gasteiger partial charge in [0, 0.05) is 31.9 Å². The fourth-order valence-electron chi connectivity index (χ4n) is 3.35. The fraction of sp³-hybridized carbons (Fsp3) is 0.240. The monoisotopic (exact) mass is 417 g/mol. The van der Waals surface area contributed by atoms with E-state index in [0.717, 1.165) is 22.4 Å². The standard InChI is InChI=1S/C25H27N3O3/c1-3-23(29)28(18-19-11-13-22(31-2)14-12-19)24(21-9-5-4-6-10-21)25(30)27-17-20-8-7-15-26-16-20/h4-16,24H,3,17-18H2,1-2H3,(H,27,30)/t24-/m1/s1. The highest BCUT2D eigenvalue weighted by Gasteiger charge is 2.30. The van der Waals surface area contributed by atoms with Crippen molar-refractivity contribution < 1.29 is 14.3 Å². The lowest BCUT2D eigenvalue weighted by Crippen LogP contribution is -2.43. The summed E-state index contributed by atoms with van der Waals surface area (Å²) in [4.78, 5) is 32.0. The molecule has 0 aliphatic rings. The molecule has 31 heavy (non-hydrogen) atoms. The number of methoxy groups -OCH3 is 1. The molecule has 3 aromatic rings. The van der Waals surface area contributed by atoms with Crippen LogP contribution in [0.5, 0.6) is 5.75 Å². The largest absolute Gasteiger partial charge is 0.497 e. The van der Waals surface area contributed by atoms with Crippen LogP contribution in [0.15, 0.2) is 79.1 Å². The normalized spacial score (nSPS) is 11.4. The van der Waals surface area contributed by atoms with Gasteiger partial charge in [0.25, 0.3) is 0 Å². The van der Waals surface area contributed by atoms with Crippen LogP contribution >= 0.6 is 0 Å². The quantitative estimate of drug-likeness (QED) is 0.573. The molecule has 1 heterocycles. The number of carbonyl (C=O) groups is 2. The maximum absolute atomic E-state index is 13.3. The molecule has 0 unspecified atom stereocenters. The third kappa shape index (κ3) is 5.92. The van der Waals surface area contributed by atoms with Gasteiger partial charge in [0.15, 0.2) is 0 Å². The molecule has 6 heteroatoms. The van der Waals surface area contributed by atoms with E-state index in [9.17, 15) is 9.59 Å². The molecule has 1 N–H and O–H groups in total. The zero-order chi connectivity index (χ0) is 22.1. The third-order valence-corrected chi connectivity index (χ3v) is 5.00. The molecule has 3 rings (SSSR count). The molecule has 1 atom stereocenters. The van der Waals surface area contributed by atoms with E-state index in [0.29, 0.717) is 19.5 Å². The van der Waals surface area contributed by atoms with E-state index in [-0.39, 0.29) is 11.8 Å². The van der Waals surface area contributed by atoms with Gasteiger partial charge in [-0.3, -0.25) is 14.6 Å². The average Bonchev–Trinajstić information content (AvgIpc) is 2.83. The zero-order valence-corrected chi connectivity index (χ0v) is 17.8. The maximum Gasteiger partial charge on any atom is 0.247 e. The molecule has 160 valence electrons. The number of amides is 2. The van der Waals surface area contributed by atoms with Gasteiger partial charge in [-0.1, -0.05) is 55.5 Å². The highest BCUT2D eigenvalue weighted by Crippen LogP contribution is 2.25. The first-order valence-corrected chi connectivity index (χ1v) is 10.3. The Labute approximate surface area is 182 Å². The van der Waals surface area contributed by atoms with E-state index in [1.165, 1.54) is 0 Å². The van der Waals surface area contributed by atoms with Gasteiger partial charge in [-0.25, -0.2) is 0 Å². The summed E-state index contributed by atoms with van der Waals surface area (Å²) in [5, 5.41) is 2.97. The maximum atomic E-state index is 13.3. The number of pyridine rings is 1. The van der Waals surface area contributed by atoms with Crippen molar-refractivity contribution in [1.29, 1.82) is 0 Å². The minimum absolute atomic E-state index is 0.0961. The van der Waals surface area contributed by atoms with Gasteiger partial charge in [0.1, 0.15) is 11.8 Å². The van der Waals surface area contributed by atoms with Crippen LogP contribution in [-0.4, -0.2) is 28.8 Å². The lowest BCUT2D eigenvalue weighted by molar-refractivity contribution is -0.141. The molecular weight excluding hydrogens is 390 g/mol. The van der Waals surface area contributed by atoms with Gasteiger partial charge in [-0.15, -0.1) is 0 Å². The smallest absolute Gasteiger partial charge is 0.247 e. The molecule has 1 aromatic heterocycles. The second kappa shape index (κ2) is 10.9. The van der Waals surface area contributed by atoms with Crippen molar-refractivity contribution in [1.82, 2.24) is 15.2 Å². The molecule has 0 saturated carbocycles. The molecule has 2 amide bonds. The Morgan fingerprint density at radius 1 is 1.00 bits per heavy atom. The predicted molar refractivity (Wildman–Crippen MR) is 119 cm³/mol. The van der Waals surface area contributed by atoms with Crippen molar-refractivity contribution in [3.05, 3.63) is 95.8 Å². The van der Waals surface area contributed by atoms with E-state index in [2.05, 4.69) is 10.3 Å². The summed E-state index contributed by atoms with van der Waals surface area (Å²) >= 11 is 0. The number of hydrogen-bond donors (Lipinski definition) is 1. The first-order valence-electron chi connectivity index (χ1n) is 10.3. The summed E-state index contributed by atoms with van der Waals surface area (Å²) < 4.78 is 5.22. The van der Waals surface area contributed by atoms with Crippen molar-refractivity contribution in [3.63, 3.8) is 0 Å². The summed E-state index contributed by atoms with van der Waals surface area (Å²) in [6.45, 7) is 2.46. The molecule has 0 spiro atoms. The minimum atomic E-state index is -0.743. The SMILES string of the molecule is CCC(=O)N(Cc1ccc(OC)cc1)[C@@H](C(=O)NCc1cccnc1)c1ccccc1. The molecule has 0 fully saturated rings. The molecule has 0 bridgehead atoms. The van der Waals surface area contributed by atoms with Crippen LogP contribution in [0, 0.1) is 0 Å². The second-order valence-corrected chi connectivity index (χ2v) is 7.12. The van der Waals surface area contributed by atoms with Crippen molar-refractivity contribution in [2.24, 2.45) is 0 Å². The predicted octanol–water partition coefficient (Wildman–Crippen LogP) is 3.89. The van der Waals surface area contributed by atoms with Crippen LogP contribution in [0.25, 0.3) is 0 Å². The molecule has 0 aliphatic carbocycles. The van der Waals surface area contributed by atoms with Gasteiger partial charge < -0.3 is 15.0 Å². The van der Waals surface area contributed by atoms with E-state index in [1.807, 2.05) is 66.7 Å². The van der Waals surface area contributed by atoms with Gasteiger partial charge >= 0.3 is 0 Å². The number of nitrogens with zero attached hydrogens (tertiary/aromatic N) is 2. The molecule has 6 nitrogen and oxygen atoms in total. The van der Waals surface area contributed by atoms with Crippen molar-refractivity contribution >= 4 is 11.8 Å². The highest BCUT2D eigenvalue weighted by atomic mass is 16.5. The summed E-state index contributed by atoms with van der Waals surface area (Å²) in [5.74, 6) is 0.414. The Morgan fingerprint density at radius 2 is 1.74 bits per heavy atom. The van der Waals surface area contributed by atoms with Crippen LogP contribution in [0.4, 0.5) is 0 Å². The lowest BCUT2D eigenvalue weighted by Gasteiger charge is -2.31. The number of hydrogen-bond acceptors (Lipinski definition) is 4. The number of rotatable bonds is 9. The van der Waals surface area contributed by atoms with Gasteiger partial charge in [0.05, 0.1) is 7.11 Å². The Kier molecular flexibility index (Phi) is 7.76. The van der Waals surface area contributed by atoms with Crippen LogP contribution in [0.2, 0.25) is 0 Å². The van der Waals surface area contributed by atoms with Gasteiger partial charge in [-0.2, -0.15) is 0 Å². The number of nitrogens with one attached hydrogen (secondary N) is 1. The van der Waals surface area contributed by atoms with E-state index in [1.54, 1.807) is 31.3 Å². The Hall–Kier alpha value is -3.67. The van der Waals surface area contributed by atoms with Gasteiger partial charge in [0.2, 0.25) is 11.8 Å². The van der Waals surface area contributed by atoms with Gasteiger partial charge in [-0.05, 0) is 34.9 Å². The van der Waals surface area contributed by atoms with Crippen molar-refractivity contribution in [2.45, 2.75) is 32.5 Å². The summed E-state index contributed by atoms with van der Waals surface area (Å²) in [5.41, 5.74) is 2.58. The lowest BCUT2D eigenvalue weighted by atomic mass is 10.0. The number of benzene rings is 2. The molecule has 2 aromatic carbocycles. The number of aromatic nitrogens is 1. The molecule has 0 saturated heterocycles. The summed E-state index contributed by atoms with van der Waals surface area (Å²) in [7, 11) is 1.61. The zero-order valence-electron chi connectivity index (χ0n) is 17.8. The van der Waals surface area contributed by atoms with Crippen LogP contribution in [0.3, 0.4) is 0 Å².